The highest BCUT2D eigenvalue weighted by Crippen LogP contribution is 2.28. The van der Waals surface area contributed by atoms with E-state index in [9.17, 15) is 9.59 Å². The van der Waals surface area contributed by atoms with E-state index >= 15 is 0 Å². The zero-order valence-corrected chi connectivity index (χ0v) is 20.4. The average molecular weight is 478 g/mol. The van der Waals surface area contributed by atoms with Crippen LogP contribution in [0.3, 0.4) is 0 Å². The summed E-state index contributed by atoms with van der Waals surface area (Å²) in [7, 11) is 0. The molecule has 1 aliphatic rings. The lowest BCUT2D eigenvalue weighted by atomic mass is 9.96. The maximum absolute atomic E-state index is 12.6. The monoisotopic (exact) mass is 477 g/mol. The SMILES string of the molecule is CC(C)(C)OC(=O)C1CCN(CCOc2cc(NC(=O)c3cnccn3)c3ncccc3c2)CC1. The molecule has 3 heterocycles. The molecule has 0 saturated carbocycles. The van der Waals surface area contributed by atoms with E-state index < -0.39 is 5.60 Å². The number of fused-ring (bicyclic) bond motifs is 1. The number of likely N-dealkylation sites (tertiary alicyclic amines) is 1. The Labute approximate surface area is 204 Å². The van der Waals surface area contributed by atoms with Crippen molar-refractivity contribution in [3.63, 3.8) is 0 Å². The van der Waals surface area contributed by atoms with Gasteiger partial charge in [0.2, 0.25) is 0 Å². The Morgan fingerprint density at radius 2 is 1.91 bits per heavy atom. The lowest BCUT2D eigenvalue weighted by molar-refractivity contribution is -0.161. The van der Waals surface area contributed by atoms with Gasteiger partial charge in [-0.1, -0.05) is 6.07 Å². The first kappa shape index (κ1) is 24.5. The van der Waals surface area contributed by atoms with Crippen LogP contribution in [0.4, 0.5) is 5.69 Å². The number of esters is 1. The van der Waals surface area contributed by atoms with Crippen molar-refractivity contribution in [3.05, 3.63) is 54.7 Å². The number of nitrogens with one attached hydrogen (secondary N) is 1. The molecule has 1 fully saturated rings. The van der Waals surface area contributed by atoms with Crippen LogP contribution in [0.2, 0.25) is 0 Å². The molecule has 0 atom stereocenters. The Balaban J connectivity index is 1.34. The average Bonchev–Trinajstić information content (AvgIpc) is 2.84. The quantitative estimate of drug-likeness (QED) is 0.513. The van der Waals surface area contributed by atoms with E-state index in [0.29, 0.717) is 23.6 Å². The van der Waals surface area contributed by atoms with Gasteiger partial charge in [0.15, 0.2) is 0 Å². The predicted molar refractivity (Wildman–Crippen MR) is 132 cm³/mol. The lowest BCUT2D eigenvalue weighted by Crippen LogP contribution is -2.40. The number of rotatable bonds is 7. The summed E-state index contributed by atoms with van der Waals surface area (Å²) in [6.45, 7) is 8.57. The summed E-state index contributed by atoms with van der Waals surface area (Å²) in [4.78, 5) is 39.6. The number of piperidine rings is 1. The molecule has 0 bridgehead atoms. The number of pyridine rings is 1. The standard InChI is InChI=1S/C26H31N5O4/c1-26(2,3)35-25(33)18-6-11-31(12-7-18)13-14-34-20-15-19-5-4-8-29-23(19)21(16-20)30-24(32)22-17-27-9-10-28-22/h4-5,8-10,15-18H,6-7,11-14H2,1-3H3,(H,30,32). The first-order valence-corrected chi connectivity index (χ1v) is 11.8. The van der Waals surface area contributed by atoms with Gasteiger partial charge in [0.05, 0.1) is 23.3 Å². The summed E-state index contributed by atoms with van der Waals surface area (Å²) in [6, 6.07) is 7.46. The molecule has 0 unspecified atom stereocenters. The molecule has 35 heavy (non-hydrogen) atoms. The van der Waals surface area contributed by atoms with Gasteiger partial charge in [0.25, 0.3) is 5.91 Å². The summed E-state index contributed by atoms with van der Waals surface area (Å²) in [5.74, 6) is 0.132. The normalized spacial score (nSPS) is 15.1. The highest BCUT2D eigenvalue weighted by atomic mass is 16.6. The van der Waals surface area contributed by atoms with Crippen LogP contribution in [0.15, 0.2) is 49.1 Å². The van der Waals surface area contributed by atoms with Crippen LogP contribution in [0, 0.1) is 5.92 Å². The van der Waals surface area contributed by atoms with Gasteiger partial charge in [-0.05, 0) is 58.8 Å². The molecule has 1 aromatic carbocycles. The number of ether oxygens (including phenoxy) is 2. The Kier molecular flexibility index (Phi) is 7.55. The Morgan fingerprint density at radius 1 is 1.11 bits per heavy atom. The van der Waals surface area contributed by atoms with Crippen molar-refractivity contribution < 1.29 is 19.1 Å². The number of hydrogen-bond acceptors (Lipinski definition) is 8. The van der Waals surface area contributed by atoms with E-state index in [-0.39, 0.29) is 23.5 Å². The number of aromatic nitrogens is 3. The fraction of sp³-hybridized carbons (Fsp3) is 0.423. The van der Waals surface area contributed by atoms with Gasteiger partial charge >= 0.3 is 5.97 Å². The smallest absolute Gasteiger partial charge is 0.309 e. The minimum Gasteiger partial charge on any atom is -0.492 e. The summed E-state index contributed by atoms with van der Waals surface area (Å²) in [5, 5.41) is 3.73. The van der Waals surface area contributed by atoms with Crippen LogP contribution in [0.25, 0.3) is 10.9 Å². The van der Waals surface area contributed by atoms with Gasteiger partial charge in [-0.2, -0.15) is 0 Å². The maximum atomic E-state index is 12.6. The number of hydrogen-bond donors (Lipinski definition) is 1. The van der Waals surface area contributed by atoms with Crippen LogP contribution in [-0.2, 0) is 9.53 Å². The van der Waals surface area contributed by atoms with Gasteiger partial charge in [0.1, 0.15) is 23.7 Å². The van der Waals surface area contributed by atoms with Crippen LogP contribution in [0.1, 0.15) is 44.1 Å². The summed E-state index contributed by atoms with van der Waals surface area (Å²) >= 11 is 0. The number of anilines is 1. The second-order valence-corrected chi connectivity index (χ2v) is 9.59. The third-order valence-electron chi connectivity index (χ3n) is 5.73. The third-order valence-corrected chi connectivity index (χ3v) is 5.73. The molecule has 4 rings (SSSR count). The van der Waals surface area contributed by atoms with Gasteiger partial charge in [0, 0.05) is 36.6 Å². The van der Waals surface area contributed by atoms with Crippen molar-refractivity contribution in [3.8, 4) is 5.75 Å². The number of carbonyl (C=O) groups excluding carboxylic acids is 2. The van der Waals surface area contributed by atoms with E-state index in [2.05, 4.69) is 25.2 Å². The molecule has 1 aliphatic heterocycles. The van der Waals surface area contributed by atoms with Crippen molar-refractivity contribution in [1.29, 1.82) is 0 Å². The van der Waals surface area contributed by atoms with Gasteiger partial charge in [-0.15, -0.1) is 0 Å². The Bertz CT molecular complexity index is 1170. The van der Waals surface area contributed by atoms with Crippen LogP contribution < -0.4 is 10.1 Å². The van der Waals surface area contributed by atoms with E-state index in [1.807, 2.05) is 39.0 Å². The largest absolute Gasteiger partial charge is 0.492 e. The molecular weight excluding hydrogens is 446 g/mol. The summed E-state index contributed by atoms with van der Waals surface area (Å²) < 4.78 is 11.6. The highest BCUT2D eigenvalue weighted by Gasteiger charge is 2.28. The first-order valence-electron chi connectivity index (χ1n) is 11.8. The predicted octanol–water partition coefficient (Wildman–Crippen LogP) is 3.71. The lowest BCUT2D eigenvalue weighted by Gasteiger charge is -2.32. The summed E-state index contributed by atoms with van der Waals surface area (Å²) in [5.41, 5.74) is 0.982. The Morgan fingerprint density at radius 3 is 2.63 bits per heavy atom. The van der Waals surface area contributed by atoms with E-state index in [1.54, 1.807) is 12.3 Å². The maximum Gasteiger partial charge on any atom is 0.309 e. The zero-order chi connectivity index (χ0) is 24.8. The van der Waals surface area contributed by atoms with E-state index in [4.69, 9.17) is 9.47 Å². The Hall–Kier alpha value is -3.59. The molecule has 3 aromatic rings. The van der Waals surface area contributed by atoms with Crippen molar-refractivity contribution in [1.82, 2.24) is 19.9 Å². The number of carbonyl (C=O) groups is 2. The van der Waals surface area contributed by atoms with Crippen molar-refractivity contribution in [2.75, 3.05) is 31.6 Å². The molecular formula is C26H31N5O4. The second-order valence-electron chi connectivity index (χ2n) is 9.59. The molecule has 0 radical (unpaired) electrons. The highest BCUT2D eigenvalue weighted by molar-refractivity contribution is 6.07. The van der Waals surface area contributed by atoms with Crippen molar-refractivity contribution in [2.45, 2.75) is 39.2 Å². The van der Waals surface area contributed by atoms with Gasteiger partial charge in [-0.3, -0.25) is 24.5 Å². The number of benzene rings is 1. The fourth-order valence-electron chi connectivity index (χ4n) is 4.02. The topological polar surface area (TPSA) is 107 Å². The molecule has 0 spiro atoms. The molecule has 2 aromatic heterocycles. The molecule has 184 valence electrons. The number of nitrogens with zero attached hydrogens (tertiary/aromatic N) is 4. The second kappa shape index (κ2) is 10.8. The van der Waals surface area contributed by atoms with Crippen molar-refractivity contribution in [2.24, 2.45) is 5.92 Å². The molecule has 0 aliphatic carbocycles. The van der Waals surface area contributed by atoms with Crippen LogP contribution in [0.5, 0.6) is 5.75 Å². The minimum absolute atomic E-state index is 0.0418. The fourth-order valence-corrected chi connectivity index (χ4v) is 4.02. The first-order chi connectivity index (χ1) is 16.8. The molecule has 1 amide bonds. The van der Waals surface area contributed by atoms with Gasteiger partial charge < -0.3 is 14.8 Å². The minimum atomic E-state index is -0.454. The zero-order valence-electron chi connectivity index (χ0n) is 20.4. The molecule has 1 N–H and O–H groups in total. The molecule has 1 saturated heterocycles. The van der Waals surface area contributed by atoms with Crippen LogP contribution >= 0.6 is 0 Å². The van der Waals surface area contributed by atoms with Gasteiger partial charge in [-0.25, -0.2) is 4.98 Å². The van der Waals surface area contributed by atoms with E-state index in [0.717, 1.165) is 37.9 Å². The number of amides is 1. The van der Waals surface area contributed by atoms with E-state index in [1.165, 1.54) is 18.6 Å². The summed E-state index contributed by atoms with van der Waals surface area (Å²) in [6.07, 6.45) is 7.66. The molecule has 9 heteroatoms. The van der Waals surface area contributed by atoms with Crippen LogP contribution in [-0.4, -0.2) is 63.6 Å². The van der Waals surface area contributed by atoms with Crippen molar-refractivity contribution >= 4 is 28.5 Å². The third kappa shape index (κ3) is 6.73. The molecule has 9 nitrogen and oxygen atoms in total.